The summed E-state index contributed by atoms with van der Waals surface area (Å²) in [7, 11) is 0. The van der Waals surface area contributed by atoms with E-state index in [1.807, 2.05) is 25.7 Å². The lowest BCUT2D eigenvalue weighted by Gasteiger charge is -2.43. The highest BCUT2D eigenvalue weighted by atomic mass is 16.6. The zero-order chi connectivity index (χ0) is 15.5. The minimum absolute atomic E-state index is 0.181. The molecule has 5 nitrogen and oxygen atoms in total. The number of nitrogens with zero attached hydrogens (tertiary/aromatic N) is 2. The maximum atomic E-state index is 12.0. The van der Waals surface area contributed by atoms with Crippen LogP contribution in [0.15, 0.2) is 0 Å². The first-order valence-electron chi connectivity index (χ1n) is 8.24. The van der Waals surface area contributed by atoms with Gasteiger partial charge in [0, 0.05) is 26.2 Å². The van der Waals surface area contributed by atoms with E-state index in [1.165, 1.54) is 25.7 Å². The average Bonchev–Trinajstić information content (AvgIpc) is 2.36. The molecule has 1 heterocycles. The Balaban J connectivity index is 1.69. The topological polar surface area (TPSA) is 58.8 Å². The van der Waals surface area contributed by atoms with Crippen molar-refractivity contribution in [3.8, 4) is 0 Å². The van der Waals surface area contributed by atoms with Gasteiger partial charge in [-0.1, -0.05) is 6.42 Å². The van der Waals surface area contributed by atoms with E-state index in [9.17, 15) is 4.79 Å². The maximum Gasteiger partial charge on any atom is 0.410 e. The molecule has 0 radical (unpaired) electrons. The molecule has 1 saturated heterocycles. The molecule has 1 amide bonds. The number of hydrogen-bond acceptors (Lipinski definition) is 4. The molecule has 0 bridgehead atoms. The molecule has 0 aromatic carbocycles. The standard InChI is InChI=1S/C16H31N3O2/c1-15(2,3)21-14(20)19-11-9-18(10-12-19)8-7-16(13-17)5-4-6-16/h4-13,17H2,1-3H3. The van der Waals surface area contributed by atoms with E-state index >= 15 is 0 Å². The van der Waals surface area contributed by atoms with Gasteiger partial charge < -0.3 is 15.4 Å². The van der Waals surface area contributed by atoms with Gasteiger partial charge >= 0.3 is 6.09 Å². The Morgan fingerprint density at radius 2 is 1.81 bits per heavy atom. The van der Waals surface area contributed by atoms with Gasteiger partial charge in [-0.25, -0.2) is 4.79 Å². The zero-order valence-electron chi connectivity index (χ0n) is 13.9. The molecular formula is C16H31N3O2. The van der Waals surface area contributed by atoms with E-state index in [0.29, 0.717) is 5.41 Å². The Labute approximate surface area is 128 Å². The van der Waals surface area contributed by atoms with Crippen LogP contribution in [0.4, 0.5) is 4.79 Å². The first-order chi connectivity index (χ1) is 9.84. The molecule has 21 heavy (non-hydrogen) atoms. The van der Waals surface area contributed by atoms with Crippen molar-refractivity contribution in [2.24, 2.45) is 11.1 Å². The van der Waals surface area contributed by atoms with Crippen LogP contribution in [0.3, 0.4) is 0 Å². The molecule has 1 saturated carbocycles. The third kappa shape index (κ3) is 4.58. The molecule has 2 aliphatic rings. The molecule has 0 spiro atoms. The lowest BCUT2D eigenvalue weighted by molar-refractivity contribution is 0.0121. The molecule has 5 heteroatoms. The molecule has 0 atom stereocenters. The van der Waals surface area contributed by atoms with E-state index in [1.54, 1.807) is 0 Å². The Morgan fingerprint density at radius 1 is 1.19 bits per heavy atom. The van der Waals surface area contributed by atoms with E-state index in [4.69, 9.17) is 10.5 Å². The van der Waals surface area contributed by atoms with Gasteiger partial charge in [0.05, 0.1) is 0 Å². The lowest BCUT2D eigenvalue weighted by atomic mass is 9.66. The summed E-state index contributed by atoms with van der Waals surface area (Å²) in [4.78, 5) is 16.3. The Morgan fingerprint density at radius 3 is 2.24 bits per heavy atom. The van der Waals surface area contributed by atoms with Gasteiger partial charge in [-0.05, 0) is 58.5 Å². The number of hydrogen-bond donors (Lipinski definition) is 1. The van der Waals surface area contributed by atoms with E-state index in [0.717, 1.165) is 39.3 Å². The third-order valence-electron chi connectivity index (χ3n) is 4.83. The molecule has 122 valence electrons. The highest BCUT2D eigenvalue weighted by Gasteiger charge is 2.35. The van der Waals surface area contributed by atoms with E-state index in [-0.39, 0.29) is 6.09 Å². The Hall–Kier alpha value is -0.810. The van der Waals surface area contributed by atoms with Crippen LogP contribution < -0.4 is 5.73 Å². The van der Waals surface area contributed by atoms with Crippen molar-refractivity contribution < 1.29 is 9.53 Å². The van der Waals surface area contributed by atoms with Gasteiger partial charge in [-0.15, -0.1) is 0 Å². The van der Waals surface area contributed by atoms with E-state index in [2.05, 4.69) is 4.90 Å². The minimum Gasteiger partial charge on any atom is -0.444 e. The normalized spacial score (nSPS) is 22.8. The number of ether oxygens (including phenoxy) is 1. The Bertz CT molecular complexity index is 348. The number of nitrogens with two attached hydrogens (primary N) is 1. The van der Waals surface area contributed by atoms with Gasteiger partial charge in [0.1, 0.15) is 5.60 Å². The van der Waals surface area contributed by atoms with Gasteiger partial charge in [0.15, 0.2) is 0 Å². The number of piperazine rings is 1. The molecule has 1 aliphatic heterocycles. The predicted molar refractivity (Wildman–Crippen MR) is 84.2 cm³/mol. The highest BCUT2D eigenvalue weighted by Crippen LogP contribution is 2.42. The Kier molecular flexibility index (Phi) is 5.15. The second kappa shape index (κ2) is 6.53. The van der Waals surface area contributed by atoms with Crippen molar-refractivity contribution in [1.82, 2.24) is 9.80 Å². The van der Waals surface area contributed by atoms with Gasteiger partial charge in [-0.3, -0.25) is 4.90 Å². The summed E-state index contributed by atoms with van der Waals surface area (Å²) in [6, 6.07) is 0. The molecule has 0 aromatic heterocycles. The summed E-state index contributed by atoms with van der Waals surface area (Å²) < 4.78 is 5.42. The monoisotopic (exact) mass is 297 g/mol. The van der Waals surface area contributed by atoms with Gasteiger partial charge in [0.2, 0.25) is 0 Å². The first kappa shape index (κ1) is 16.6. The van der Waals surface area contributed by atoms with E-state index < -0.39 is 5.60 Å². The first-order valence-corrected chi connectivity index (χ1v) is 8.24. The van der Waals surface area contributed by atoms with Crippen LogP contribution in [0.5, 0.6) is 0 Å². The second-order valence-corrected chi connectivity index (χ2v) is 7.62. The van der Waals surface area contributed by atoms with Crippen molar-refractivity contribution in [2.45, 2.75) is 52.1 Å². The zero-order valence-corrected chi connectivity index (χ0v) is 13.9. The molecule has 2 N–H and O–H groups in total. The molecule has 0 unspecified atom stereocenters. The smallest absolute Gasteiger partial charge is 0.410 e. The predicted octanol–water partition coefficient (Wildman–Crippen LogP) is 2.06. The van der Waals surface area contributed by atoms with Crippen molar-refractivity contribution in [3.63, 3.8) is 0 Å². The lowest BCUT2D eigenvalue weighted by Crippen LogP contribution is -2.51. The molecular weight excluding hydrogens is 266 g/mol. The summed E-state index contributed by atoms with van der Waals surface area (Å²) in [5, 5.41) is 0. The van der Waals surface area contributed by atoms with Crippen LogP contribution in [-0.4, -0.2) is 60.8 Å². The van der Waals surface area contributed by atoms with Crippen molar-refractivity contribution in [1.29, 1.82) is 0 Å². The quantitative estimate of drug-likeness (QED) is 0.863. The summed E-state index contributed by atoms with van der Waals surface area (Å²) >= 11 is 0. The number of carbonyl (C=O) groups excluding carboxylic acids is 1. The highest BCUT2D eigenvalue weighted by molar-refractivity contribution is 5.68. The van der Waals surface area contributed by atoms with Gasteiger partial charge in [0.25, 0.3) is 0 Å². The average molecular weight is 297 g/mol. The second-order valence-electron chi connectivity index (χ2n) is 7.62. The van der Waals surface area contributed by atoms with Crippen LogP contribution >= 0.6 is 0 Å². The fourth-order valence-corrected chi connectivity index (χ4v) is 3.11. The van der Waals surface area contributed by atoms with Crippen molar-refractivity contribution in [2.75, 3.05) is 39.3 Å². The van der Waals surface area contributed by atoms with Crippen LogP contribution in [0.25, 0.3) is 0 Å². The SMILES string of the molecule is CC(C)(C)OC(=O)N1CCN(CCC2(CN)CCC2)CC1. The van der Waals surface area contributed by atoms with Gasteiger partial charge in [-0.2, -0.15) is 0 Å². The molecule has 2 rings (SSSR count). The molecule has 0 aromatic rings. The van der Waals surface area contributed by atoms with Crippen molar-refractivity contribution in [3.05, 3.63) is 0 Å². The van der Waals surface area contributed by atoms with Crippen LogP contribution in [0.2, 0.25) is 0 Å². The summed E-state index contributed by atoms with van der Waals surface area (Å²) in [5.41, 5.74) is 5.93. The molecule has 1 aliphatic carbocycles. The number of carbonyl (C=O) groups is 1. The van der Waals surface area contributed by atoms with Crippen LogP contribution in [0, 0.1) is 5.41 Å². The maximum absolute atomic E-state index is 12.0. The fourth-order valence-electron chi connectivity index (χ4n) is 3.11. The minimum atomic E-state index is -0.411. The summed E-state index contributed by atoms with van der Waals surface area (Å²) in [5.74, 6) is 0. The largest absolute Gasteiger partial charge is 0.444 e. The van der Waals surface area contributed by atoms with Crippen LogP contribution in [0.1, 0.15) is 46.5 Å². The number of rotatable bonds is 4. The van der Waals surface area contributed by atoms with Crippen molar-refractivity contribution >= 4 is 6.09 Å². The number of amides is 1. The summed E-state index contributed by atoms with van der Waals surface area (Å²) in [6.07, 6.45) is 4.95. The third-order valence-corrected chi connectivity index (χ3v) is 4.83. The summed E-state index contributed by atoms with van der Waals surface area (Å²) in [6.45, 7) is 11.1. The van der Waals surface area contributed by atoms with Crippen LogP contribution in [-0.2, 0) is 4.74 Å². The molecule has 2 fully saturated rings. The fraction of sp³-hybridized carbons (Fsp3) is 0.938.